The van der Waals surface area contributed by atoms with Crippen LogP contribution in [0.5, 0.6) is 0 Å². The van der Waals surface area contributed by atoms with E-state index in [1.54, 1.807) is 6.92 Å². The minimum Gasteiger partial charge on any atom is -0.462 e. The molecule has 2 rings (SSSR count). The highest BCUT2D eigenvalue weighted by atomic mass is 19.4. The number of carbonyl (C=O) groups excluding carboxylic acids is 2. The lowest BCUT2D eigenvalue weighted by Gasteiger charge is -2.09. The predicted molar refractivity (Wildman–Crippen MR) is 86.2 cm³/mol. The number of ether oxygens (including phenoxy) is 1. The molecule has 25 heavy (non-hydrogen) atoms. The van der Waals surface area contributed by atoms with Crippen LogP contribution in [0.3, 0.4) is 0 Å². The van der Waals surface area contributed by atoms with E-state index in [-0.39, 0.29) is 18.6 Å². The number of alkyl halides is 3. The van der Waals surface area contributed by atoms with Gasteiger partial charge in [-0.1, -0.05) is 18.2 Å². The van der Waals surface area contributed by atoms with Crippen LogP contribution < -0.4 is 5.32 Å². The van der Waals surface area contributed by atoms with Crippen molar-refractivity contribution in [1.29, 1.82) is 0 Å². The molecule has 0 aliphatic rings. The fraction of sp³-hybridized carbons (Fsp3) is 0.222. The van der Waals surface area contributed by atoms with Crippen LogP contribution in [0.2, 0.25) is 0 Å². The summed E-state index contributed by atoms with van der Waals surface area (Å²) in [5.41, 5.74) is 0.245. The number of nitrogens with one attached hydrogen (secondary N) is 1. The van der Waals surface area contributed by atoms with Gasteiger partial charge in [-0.3, -0.25) is 4.79 Å². The lowest BCUT2D eigenvalue weighted by molar-refractivity contribution is -0.137. The van der Waals surface area contributed by atoms with Gasteiger partial charge in [-0.05, 0) is 42.8 Å². The van der Waals surface area contributed by atoms with Crippen LogP contribution in [-0.2, 0) is 22.1 Å². The lowest BCUT2D eigenvalue weighted by Crippen LogP contribution is -2.15. The van der Waals surface area contributed by atoms with Crippen LogP contribution in [-0.4, -0.2) is 18.5 Å². The Kier molecular flexibility index (Phi) is 5.80. The lowest BCUT2D eigenvalue weighted by atomic mass is 10.1. The zero-order valence-electron chi connectivity index (χ0n) is 13.4. The van der Waals surface area contributed by atoms with Crippen molar-refractivity contribution in [2.45, 2.75) is 19.5 Å². The average Bonchev–Trinajstić information content (AvgIpc) is 2.55. The molecule has 132 valence electrons. The first-order valence-electron chi connectivity index (χ1n) is 7.52. The topological polar surface area (TPSA) is 55.4 Å². The van der Waals surface area contributed by atoms with E-state index >= 15 is 0 Å². The molecule has 1 amide bonds. The Hall–Kier alpha value is -2.83. The first kappa shape index (κ1) is 18.5. The Labute approximate surface area is 142 Å². The van der Waals surface area contributed by atoms with Crippen molar-refractivity contribution in [3.8, 4) is 0 Å². The van der Waals surface area contributed by atoms with Gasteiger partial charge in [0.25, 0.3) is 0 Å². The number of esters is 1. The quantitative estimate of drug-likeness (QED) is 0.827. The minimum atomic E-state index is -4.45. The third kappa shape index (κ3) is 5.34. The molecule has 0 unspecified atom stereocenters. The first-order valence-corrected chi connectivity index (χ1v) is 7.52. The molecule has 0 aliphatic heterocycles. The monoisotopic (exact) mass is 351 g/mol. The van der Waals surface area contributed by atoms with Gasteiger partial charge < -0.3 is 10.1 Å². The van der Waals surface area contributed by atoms with E-state index in [0.717, 1.165) is 12.1 Å². The highest BCUT2D eigenvalue weighted by Crippen LogP contribution is 2.29. The van der Waals surface area contributed by atoms with E-state index in [1.807, 2.05) is 0 Å². The van der Waals surface area contributed by atoms with Crippen LogP contribution in [0.25, 0.3) is 0 Å². The van der Waals surface area contributed by atoms with Crippen LogP contribution >= 0.6 is 0 Å². The molecular formula is C18H16F3NO3. The molecule has 0 aliphatic carbocycles. The van der Waals surface area contributed by atoms with Crippen molar-refractivity contribution < 1.29 is 27.5 Å². The summed E-state index contributed by atoms with van der Waals surface area (Å²) in [5, 5.41) is 2.57. The largest absolute Gasteiger partial charge is 0.462 e. The van der Waals surface area contributed by atoms with Gasteiger partial charge in [-0.2, -0.15) is 13.2 Å². The molecule has 0 saturated carbocycles. The molecule has 0 heterocycles. The molecule has 2 aromatic rings. The SMILES string of the molecule is CCOC(=O)c1ccc(NC(=O)Cc2cccc(C(F)(F)F)c2)cc1. The number of rotatable bonds is 5. The van der Waals surface area contributed by atoms with Gasteiger partial charge in [0.1, 0.15) is 0 Å². The van der Waals surface area contributed by atoms with Crippen LogP contribution in [0.4, 0.5) is 18.9 Å². The Morgan fingerprint density at radius 3 is 2.36 bits per heavy atom. The average molecular weight is 351 g/mol. The summed E-state index contributed by atoms with van der Waals surface area (Å²) in [5.74, 6) is -0.924. The van der Waals surface area contributed by atoms with E-state index in [2.05, 4.69) is 5.32 Å². The molecule has 0 bridgehead atoms. The Morgan fingerprint density at radius 2 is 1.76 bits per heavy atom. The Morgan fingerprint density at radius 1 is 1.08 bits per heavy atom. The number of hydrogen-bond acceptors (Lipinski definition) is 3. The third-order valence-corrected chi connectivity index (χ3v) is 3.30. The smallest absolute Gasteiger partial charge is 0.416 e. The summed E-state index contributed by atoms with van der Waals surface area (Å²) in [6.07, 6.45) is -4.64. The maximum Gasteiger partial charge on any atom is 0.416 e. The zero-order valence-corrected chi connectivity index (χ0v) is 13.4. The second kappa shape index (κ2) is 7.83. The van der Waals surface area contributed by atoms with E-state index in [4.69, 9.17) is 4.74 Å². The van der Waals surface area contributed by atoms with Crippen molar-refractivity contribution in [3.05, 3.63) is 65.2 Å². The van der Waals surface area contributed by atoms with Crippen LogP contribution in [0.15, 0.2) is 48.5 Å². The molecule has 0 saturated heterocycles. The maximum atomic E-state index is 12.7. The second-order valence-corrected chi connectivity index (χ2v) is 5.22. The highest BCUT2D eigenvalue weighted by molar-refractivity contribution is 5.94. The molecule has 0 fully saturated rings. The van der Waals surface area contributed by atoms with Gasteiger partial charge in [-0.15, -0.1) is 0 Å². The number of carbonyl (C=O) groups is 2. The van der Waals surface area contributed by atoms with Gasteiger partial charge in [0.2, 0.25) is 5.91 Å². The van der Waals surface area contributed by atoms with Crippen molar-refractivity contribution in [3.63, 3.8) is 0 Å². The second-order valence-electron chi connectivity index (χ2n) is 5.22. The summed E-state index contributed by atoms with van der Waals surface area (Å²) >= 11 is 0. The minimum absolute atomic E-state index is 0.191. The van der Waals surface area contributed by atoms with E-state index in [0.29, 0.717) is 11.3 Å². The number of halogens is 3. The van der Waals surface area contributed by atoms with E-state index in [1.165, 1.54) is 36.4 Å². The molecule has 0 radical (unpaired) electrons. The fourth-order valence-electron chi connectivity index (χ4n) is 2.15. The number of anilines is 1. The zero-order chi connectivity index (χ0) is 18.4. The van der Waals surface area contributed by atoms with Crippen molar-refractivity contribution in [1.82, 2.24) is 0 Å². The fourth-order valence-corrected chi connectivity index (χ4v) is 2.15. The van der Waals surface area contributed by atoms with Gasteiger partial charge >= 0.3 is 12.1 Å². The van der Waals surface area contributed by atoms with Gasteiger partial charge in [-0.25, -0.2) is 4.79 Å². The molecular weight excluding hydrogens is 335 g/mol. The molecule has 0 atom stereocenters. The summed E-state index contributed by atoms with van der Waals surface area (Å²) in [7, 11) is 0. The van der Waals surface area contributed by atoms with Crippen LogP contribution in [0, 0.1) is 0 Å². The normalized spacial score (nSPS) is 11.0. The summed E-state index contributed by atoms with van der Waals surface area (Å²) in [6.45, 7) is 1.95. The summed E-state index contributed by atoms with van der Waals surface area (Å²) < 4.78 is 42.9. The van der Waals surface area contributed by atoms with Crippen molar-refractivity contribution in [2.24, 2.45) is 0 Å². The molecule has 4 nitrogen and oxygen atoms in total. The molecule has 0 spiro atoms. The van der Waals surface area contributed by atoms with E-state index in [9.17, 15) is 22.8 Å². The Bertz CT molecular complexity index is 755. The van der Waals surface area contributed by atoms with Gasteiger partial charge in [0, 0.05) is 5.69 Å². The molecule has 7 heteroatoms. The standard InChI is InChI=1S/C18H16F3NO3/c1-2-25-17(24)13-6-8-15(9-7-13)22-16(23)11-12-4-3-5-14(10-12)18(19,20)21/h3-10H,2,11H2,1H3,(H,22,23). The van der Waals surface area contributed by atoms with Gasteiger partial charge in [0.05, 0.1) is 24.2 Å². The summed E-state index contributed by atoms with van der Waals surface area (Å²) in [4.78, 5) is 23.5. The van der Waals surface area contributed by atoms with Gasteiger partial charge in [0.15, 0.2) is 0 Å². The molecule has 1 N–H and O–H groups in total. The highest BCUT2D eigenvalue weighted by Gasteiger charge is 2.30. The maximum absolute atomic E-state index is 12.7. The Balaban J connectivity index is 2.00. The molecule has 2 aromatic carbocycles. The van der Waals surface area contributed by atoms with Crippen molar-refractivity contribution in [2.75, 3.05) is 11.9 Å². The van der Waals surface area contributed by atoms with Crippen molar-refractivity contribution >= 4 is 17.6 Å². The number of benzene rings is 2. The number of amides is 1. The van der Waals surface area contributed by atoms with E-state index < -0.39 is 23.6 Å². The molecule has 0 aromatic heterocycles. The predicted octanol–water partition coefficient (Wildman–Crippen LogP) is 4.06. The summed E-state index contributed by atoms with van der Waals surface area (Å²) in [6, 6.07) is 10.7. The third-order valence-electron chi connectivity index (χ3n) is 3.30. The van der Waals surface area contributed by atoms with Crippen LogP contribution in [0.1, 0.15) is 28.4 Å². The number of hydrogen-bond donors (Lipinski definition) is 1. The first-order chi connectivity index (χ1) is 11.8.